The normalized spacial score (nSPS) is 11.1. The lowest BCUT2D eigenvalue weighted by Crippen LogP contribution is -2.25. The van der Waals surface area contributed by atoms with Gasteiger partial charge in [0.05, 0.1) is 22.5 Å². The number of halogens is 2. The van der Waals surface area contributed by atoms with Gasteiger partial charge in [-0.2, -0.15) is 0 Å². The number of fused-ring (bicyclic) bond motifs is 1. The molecular formula is C22H26Cl2N4O2. The summed E-state index contributed by atoms with van der Waals surface area (Å²) in [7, 11) is 3.45. The molecule has 1 N–H and O–H groups in total. The highest BCUT2D eigenvalue weighted by atomic mass is 35.5. The minimum atomic E-state index is 0.0289. The van der Waals surface area contributed by atoms with Gasteiger partial charge in [0.2, 0.25) is 11.8 Å². The molecule has 0 bridgehead atoms. The molecule has 0 atom stereocenters. The van der Waals surface area contributed by atoms with Gasteiger partial charge in [-0.25, -0.2) is 9.67 Å². The molecule has 160 valence electrons. The summed E-state index contributed by atoms with van der Waals surface area (Å²) in [6, 6.07) is 5.62. The Labute approximate surface area is 186 Å². The molecular weight excluding hydrogens is 423 g/mol. The van der Waals surface area contributed by atoms with Gasteiger partial charge in [-0.05, 0) is 61.9 Å². The molecule has 0 aliphatic heterocycles. The van der Waals surface area contributed by atoms with Crippen LogP contribution in [0.4, 0.5) is 0 Å². The number of pyridine rings is 1. The van der Waals surface area contributed by atoms with Crippen LogP contribution in [-0.4, -0.2) is 34.3 Å². The average Bonchev–Trinajstić information content (AvgIpc) is 3.03. The number of hydrogen-bond acceptors (Lipinski definition) is 4. The molecule has 8 heteroatoms. The molecule has 3 aromatic rings. The molecule has 0 aliphatic rings. The number of benzene rings is 1. The Balaban J connectivity index is 1.55. The molecule has 0 radical (unpaired) electrons. The van der Waals surface area contributed by atoms with Crippen LogP contribution in [-0.2, 0) is 24.7 Å². The minimum absolute atomic E-state index is 0.0289. The second-order valence-corrected chi connectivity index (χ2v) is 8.15. The molecule has 2 aromatic heterocycles. The molecule has 0 saturated heterocycles. The van der Waals surface area contributed by atoms with Crippen molar-refractivity contribution in [1.29, 1.82) is 0 Å². The predicted molar refractivity (Wildman–Crippen MR) is 121 cm³/mol. The van der Waals surface area contributed by atoms with E-state index in [2.05, 4.69) is 15.4 Å². The summed E-state index contributed by atoms with van der Waals surface area (Å²) in [6.07, 6.45) is 2.69. The van der Waals surface area contributed by atoms with E-state index in [0.29, 0.717) is 35.3 Å². The fourth-order valence-electron chi connectivity index (χ4n) is 3.65. The first-order valence-corrected chi connectivity index (χ1v) is 10.6. The third kappa shape index (κ3) is 4.87. The van der Waals surface area contributed by atoms with E-state index in [0.717, 1.165) is 46.3 Å². The molecule has 3 rings (SSSR count). The number of hydrogen-bond donors (Lipinski definition) is 1. The zero-order valence-corrected chi connectivity index (χ0v) is 19.2. The predicted octanol–water partition coefficient (Wildman–Crippen LogP) is 4.58. The number of amides is 1. The third-order valence-corrected chi connectivity index (χ3v) is 6.01. The first-order valence-electron chi connectivity index (χ1n) is 9.89. The lowest BCUT2D eigenvalue weighted by Gasteiger charge is -2.11. The van der Waals surface area contributed by atoms with Gasteiger partial charge in [0.25, 0.3) is 0 Å². The van der Waals surface area contributed by atoms with Gasteiger partial charge in [0.1, 0.15) is 0 Å². The fourth-order valence-corrected chi connectivity index (χ4v) is 3.97. The van der Waals surface area contributed by atoms with Crippen molar-refractivity contribution in [2.75, 3.05) is 13.7 Å². The quantitative estimate of drug-likeness (QED) is 0.511. The summed E-state index contributed by atoms with van der Waals surface area (Å²) in [5, 5.41) is 9.37. The van der Waals surface area contributed by atoms with Crippen molar-refractivity contribution in [3.8, 4) is 5.88 Å². The summed E-state index contributed by atoms with van der Waals surface area (Å²) >= 11 is 12.0. The monoisotopic (exact) mass is 448 g/mol. The van der Waals surface area contributed by atoms with Crippen molar-refractivity contribution in [2.45, 2.75) is 39.5 Å². The topological polar surface area (TPSA) is 69.0 Å². The van der Waals surface area contributed by atoms with Crippen LogP contribution in [0.3, 0.4) is 0 Å². The second-order valence-electron chi connectivity index (χ2n) is 7.33. The van der Waals surface area contributed by atoms with Crippen LogP contribution in [0.25, 0.3) is 11.0 Å². The van der Waals surface area contributed by atoms with Crippen LogP contribution in [0, 0.1) is 13.8 Å². The second kappa shape index (κ2) is 9.67. The Bertz CT molecular complexity index is 1080. The number of aryl methyl sites for hydroxylation is 4. The number of methoxy groups -OCH3 is 1. The van der Waals surface area contributed by atoms with Crippen molar-refractivity contribution >= 4 is 40.1 Å². The van der Waals surface area contributed by atoms with Crippen LogP contribution in [0.5, 0.6) is 5.88 Å². The standard InChI is InChI=1S/C22H26Cl2N4O2/c1-13-16(14(2)26-21-20(13)22(30-4)27-28(21)3)8-10-19(29)25-11-5-6-15-7-9-17(23)18(24)12-15/h7,9,12H,5-6,8,10-11H2,1-4H3,(H,25,29). The van der Waals surface area contributed by atoms with E-state index in [4.69, 9.17) is 27.9 Å². The van der Waals surface area contributed by atoms with Crippen molar-refractivity contribution < 1.29 is 9.53 Å². The number of carbonyl (C=O) groups is 1. The Kier molecular flexibility index (Phi) is 7.21. The number of nitrogens with zero attached hydrogens (tertiary/aromatic N) is 3. The van der Waals surface area contributed by atoms with E-state index in [-0.39, 0.29) is 5.91 Å². The maximum atomic E-state index is 12.3. The van der Waals surface area contributed by atoms with E-state index >= 15 is 0 Å². The zero-order valence-electron chi connectivity index (χ0n) is 17.7. The Morgan fingerprint density at radius 3 is 2.67 bits per heavy atom. The Morgan fingerprint density at radius 1 is 1.20 bits per heavy atom. The Morgan fingerprint density at radius 2 is 1.97 bits per heavy atom. The zero-order chi connectivity index (χ0) is 21.8. The Hall–Kier alpha value is -2.31. The fraction of sp³-hybridized carbons (Fsp3) is 0.409. The smallest absolute Gasteiger partial charge is 0.242 e. The van der Waals surface area contributed by atoms with Gasteiger partial charge in [-0.15, -0.1) is 5.10 Å². The molecule has 0 fully saturated rings. The molecule has 0 aliphatic carbocycles. The van der Waals surface area contributed by atoms with Crippen molar-refractivity contribution in [2.24, 2.45) is 7.05 Å². The molecule has 1 aromatic carbocycles. The summed E-state index contributed by atoms with van der Waals surface area (Å²) in [4.78, 5) is 17.0. The number of nitrogens with one attached hydrogen (secondary N) is 1. The first kappa shape index (κ1) is 22.4. The molecule has 0 spiro atoms. The number of aromatic nitrogens is 3. The van der Waals surface area contributed by atoms with Crippen molar-refractivity contribution in [1.82, 2.24) is 20.1 Å². The van der Waals surface area contributed by atoms with Gasteiger partial charge in [-0.3, -0.25) is 4.79 Å². The van der Waals surface area contributed by atoms with Gasteiger partial charge >= 0.3 is 0 Å². The van der Waals surface area contributed by atoms with Gasteiger partial charge in [-0.1, -0.05) is 29.3 Å². The highest BCUT2D eigenvalue weighted by Crippen LogP contribution is 2.30. The van der Waals surface area contributed by atoms with E-state index in [1.54, 1.807) is 17.9 Å². The minimum Gasteiger partial charge on any atom is -0.479 e. The number of rotatable bonds is 8. The largest absolute Gasteiger partial charge is 0.479 e. The lowest BCUT2D eigenvalue weighted by molar-refractivity contribution is -0.121. The summed E-state index contributed by atoms with van der Waals surface area (Å²) in [6.45, 7) is 4.62. The van der Waals surface area contributed by atoms with Gasteiger partial charge in [0, 0.05) is 25.7 Å². The highest BCUT2D eigenvalue weighted by molar-refractivity contribution is 6.42. The highest BCUT2D eigenvalue weighted by Gasteiger charge is 2.18. The van der Waals surface area contributed by atoms with Gasteiger partial charge in [0.15, 0.2) is 5.65 Å². The molecule has 30 heavy (non-hydrogen) atoms. The first-order chi connectivity index (χ1) is 14.3. The lowest BCUT2D eigenvalue weighted by atomic mass is 10.00. The number of ether oxygens (including phenoxy) is 1. The van der Waals surface area contributed by atoms with Crippen LogP contribution in [0.2, 0.25) is 10.0 Å². The van der Waals surface area contributed by atoms with Crippen LogP contribution in [0.15, 0.2) is 18.2 Å². The van der Waals surface area contributed by atoms with Crippen LogP contribution >= 0.6 is 23.2 Å². The van der Waals surface area contributed by atoms with E-state index in [1.165, 1.54) is 0 Å². The number of carbonyl (C=O) groups excluding carboxylic acids is 1. The average molecular weight is 449 g/mol. The van der Waals surface area contributed by atoms with E-state index in [1.807, 2.05) is 33.0 Å². The summed E-state index contributed by atoms with van der Waals surface area (Å²) in [5.41, 5.74) is 4.94. The maximum Gasteiger partial charge on any atom is 0.242 e. The summed E-state index contributed by atoms with van der Waals surface area (Å²) in [5.74, 6) is 0.590. The molecule has 2 heterocycles. The molecule has 6 nitrogen and oxygen atoms in total. The molecule has 1 amide bonds. The van der Waals surface area contributed by atoms with Crippen molar-refractivity contribution in [3.63, 3.8) is 0 Å². The maximum absolute atomic E-state index is 12.3. The van der Waals surface area contributed by atoms with Gasteiger partial charge < -0.3 is 10.1 Å². The molecule has 0 saturated carbocycles. The third-order valence-electron chi connectivity index (χ3n) is 5.27. The SMILES string of the molecule is COc1nn(C)c2nc(C)c(CCC(=O)NCCCc3ccc(Cl)c(Cl)c3)c(C)c12. The van der Waals surface area contributed by atoms with Crippen LogP contribution in [0.1, 0.15) is 35.2 Å². The summed E-state index contributed by atoms with van der Waals surface area (Å²) < 4.78 is 7.12. The van der Waals surface area contributed by atoms with E-state index < -0.39 is 0 Å². The van der Waals surface area contributed by atoms with Crippen molar-refractivity contribution in [3.05, 3.63) is 50.6 Å². The molecule has 0 unspecified atom stereocenters. The van der Waals surface area contributed by atoms with Crippen LogP contribution < -0.4 is 10.1 Å². The van der Waals surface area contributed by atoms with E-state index in [9.17, 15) is 4.79 Å².